The van der Waals surface area contributed by atoms with Gasteiger partial charge in [-0.2, -0.15) is 26.3 Å². The van der Waals surface area contributed by atoms with E-state index in [4.69, 9.17) is 0 Å². The van der Waals surface area contributed by atoms with Crippen molar-refractivity contribution >= 4 is 21.4 Å². The summed E-state index contributed by atoms with van der Waals surface area (Å²) >= 11 is 0. The van der Waals surface area contributed by atoms with E-state index in [0.717, 1.165) is 12.1 Å². The first-order valence-corrected chi connectivity index (χ1v) is 8.33. The summed E-state index contributed by atoms with van der Waals surface area (Å²) in [4.78, 5) is 11.5. The molecule has 1 heterocycles. The van der Waals surface area contributed by atoms with E-state index in [1.54, 1.807) is 0 Å². The van der Waals surface area contributed by atoms with Crippen molar-refractivity contribution in [1.29, 1.82) is 0 Å². The summed E-state index contributed by atoms with van der Waals surface area (Å²) in [6, 6.07) is 2.47. The Hall–Kier alpha value is -1.98. The van der Waals surface area contributed by atoms with Gasteiger partial charge in [-0.25, -0.2) is 8.42 Å². The Bertz CT molecular complexity index is 743. The first-order chi connectivity index (χ1) is 11.3. The van der Waals surface area contributed by atoms with Crippen LogP contribution in [-0.2, 0) is 14.6 Å². The summed E-state index contributed by atoms with van der Waals surface area (Å²) < 4.78 is 96.7. The fourth-order valence-electron chi connectivity index (χ4n) is 2.31. The molecular formula is C13H12F6N2O3S. The molecule has 1 N–H and O–H groups in total. The van der Waals surface area contributed by atoms with Gasteiger partial charge in [-0.05, 0) is 30.7 Å². The van der Waals surface area contributed by atoms with Gasteiger partial charge in [0.15, 0.2) is 0 Å². The van der Waals surface area contributed by atoms with Gasteiger partial charge in [0.25, 0.3) is 9.84 Å². The molecule has 1 aliphatic heterocycles. The highest BCUT2D eigenvalue weighted by molar-refractivity contribution is 7.92. The summed E-state index contributed by atoms with van der Waals surface area (Å²) in [5.41, 5.74) is -5.32. The number of alkyl halides is 6. The molecule has 1 saturated heterocycles. The first-order valence-electron chi connectivity index (χ1n) is 6.85. The third kappa shape index (κ3) is 4.35. The van der Waals surface area contributed by atoms with Crippen molar-refractivity contribution < 1.29 is 39.6 Å². The Labute approximate surface area is 138 Å². The van der Waals surface area contributed by atoms with Crippen LogP contribution in [-0.4, -0.2) is 50.0 Å². The quantitative estimate of drug-likeness (QED) is 0.803. The fourth-order valence-corrected chi connectivity index (χ4v) is 3.07. The molecule has 1 fully saturated rings. The van der Waals surface area contributed by atoms with Gasteiger partial charge < -0.3 is 10.2 Å². The molecule has 0 bridgehead atoms. The lowest BCUT2D eigenvalue weighted by molar-refractivity contribution is -0.157. The third-order valence-electron chi connectivity index (χ3n) is 3.48. The van der Waals surface area contributed by atoms with E-state index in [0.29, 0.717) is 17.0 Å². The van der Waals surface area contributed by atoms with Gasteiger partial charge in [0.1, 0.15) is 12.6 Å². The molecule has 0 aromatic heterocycles. The molecule has 140 valence electrons. The number of hydrogen-bond acceptors (Lipinski definition) is 4. The Morgan fingerprint density at radius 3 is 2.12 bits per heavy atom. The maximum absolute atomic E-state index is 12.4. The number of likely N-dealkylation sites (tertiary alicyclic amines) is 1. The average molecular weight is 390 g/mol. The fraction of sp³-hybridized carbons (Fsp3) is 0.462. The van der Waals surface area contributed by atoms with Crippen LogP contribution in [0.5, 0.6) is 0 Å². The highest BCUT2D eigenvalue weighted by Crippen LogP contribution is 2.31. The van der Waals surface area contributed by atoms with Crippen LogP contribution in [0.4, 0.5) is 32.0 Å². The van der Waals surface area contributed by atoms with Crippen LogP contribution < -0.4 is 5.32 Å². The van der Waals surface area contributed by atoms with Crippen LogP contribution in [0, 0.1) is 0 Å². The molecule has 2 rings (SSSR count). The van der Waals surface area contributed by atoms with E-state index >= 15 is 0 Å². The Kier molecular flexibility index (Phi) is 4.94. The monoisotopic (exact) mass is 390 g/mol. The van der Waals surface area contributed by atoms with E-state index in [-0.39, 0.29) is 18.7 Å². The van der Waals surface area contributed by atoms with Crippen LogP contribution in [0.15, 0.2) is 29.2 Å². The highest BCUT2D eigenvalue weighted by atomic mass is 32.2. The number of sulfone groups is 1. The molecule has 0 aliphatic carbocycles. The lowest BCUT2D eigenvalue weighted by atomic mass is 10.2. The average Bonchev–Trinajstić information content (AvgIpc) is 2.78. The van der Waals surface area contributed by atoms with E-state index in [1.807, 2.05) is 0 Å². The van der Waals surface area contributed by atoms with Crippen LogP contribution >= 0.6 is 0 Å². The number of carbonyl (C=O) groups is 1. The minimum atomic E-state index is -5.49. The lowest BCUT2D eigenvalue weighted by Crippen LogP contribution is -2.39. The highest BCUT2D eigenvalue weighted by Gasteiger charge is 2.46. The number of anilines is 1. The molecule has 1 aromatic rings. The minimum absolute atomic E-state index is 0.0809. The molecule has 1 aromatic carbocycles. The zero-order valence-electron chi connectivity index (χ0n) is 12.4. The topological polar surface area (TPSA) is 66.5 Å². The number of benzene rings is 1. The van der Waals surface area contributed by atoms with E-state index in [2.05, 4.69) is 5.32 Å². The van der Waals surface area contributed by atoms with Gasteiger partial charge in [0.05, 0.1) is 4.90 Å². The zero-order valence-corrected chi connectivity index (χ0v) is 13.2. The SMILES string of the molecule is O=C1C(Nc2ccc(S(=O)(=O)C(F)(F)F)cc2)CCN1CC(F)(F)F. The Balaban J connectivity index is 2.07. The molecule has 1 unspecified atom stereocenters. The maximum atomic E-state index is 12.4. The molecule has 25 heavy (non-hydrogen) atoms. The van der Waals surface area contributed by atoms with Crippen molar-refractivity contribution in [2.45, 2.75) is 29.0 Å². The van der Waals surface area contributed by atoms with Crippen LogP contribution in [0.3, 0.4) is 0 Å². The lowest BCUT2D eigenvalue weighted by Gasteiger charge is -2.19. The number of rotatable bonds is 4. The van der Waals surface area contributed by atoms with Crippen molar-refractivity contribution in [2.24, 2.45) is 0 Å². The molecule has 1 aliphatic rings. The summed E-state index contributed by atoms with van der Waals surface area (Å²) in [6.07, 6.45) is -4.45. The number of halogens is 6. The Morgan fingerprint density at radius 2 is 1.64 bits per heavy atom. The minimum Gasteiger partial charge on any atom is -0.374 e. The number of nitrogens with one attached hydrogen (secondary N) is 1. The molecule has 5 nitrogen and oxygen atoms in total. The Morgan fingerprint density at radius 1 is 1.08 bits per heavy atom. The summed E-state index contributed by atoms with van der Waals surface area (Å²) in [7, 11) is -5.49. The van der Waals surface area contributed by atoms with Gasteiger partial charge in [0, 0.05) is 12.2 Å². The van der Waals surface area contributed by atoms with Crippen LogP contribution in [0.1, 0.15) is 6.42 Å². The smallest absolute Gasteiger partial charge is 0.374 e. The number of hydrogen-bond donors (Lipinski definition) is 1. The second kappa shape index (κ2) is 6.39. The standard InChI is InChI=1S/C13H12F6N2O3S/c14-12(15,16)7-21-6-5-10(11(21)22)20-8-1-3-9(4-2-8)25(23,24)13(17,18)19/h1-4,10,20H,5-7H2. The van der Waals surface area contributed by atoms with Crippen LogP contribution in [0.2, 0.25) is 0 Å². The number of carbonyl (C=O) groups excluding carboxylic acids is 1. The molecule has 0 radical (unpaired) electrons. The number of nitrogens with zero attached hydrogens (tertiary/aromatic N) is 1. The molecular weight excluding hydrogens is 378 g/mol. The van der Waals surface area contributed by atoms with Gasteiger partial charge in [-0.3, -0.25) is 4.79 Å². The van der Waals surface area contributed by atoms with Gasteiger partial charge in [-0.15, -0.1) is 0 Å². The molecule has 1 atom stereocenters. The summed E-state index contributed by atoms with van der Waals surface area (Å²) in [6.45, 7) is -1.50. The van der Waals surface area contributed by atoms with E-state index < -0.39 is 44.9 Å². The first kappa shape index (κ1) is 19.3. The van der Waals surface area contributed by atoms with Crippen molar-refractivity contribution in [2.75, 3.05) is 18.4 Å². The van der Waals surface area contributed by atoms with Crippen LogP contribution in [0.25, 0.3) is 0 Å². The van der Waals surface area contributed by atoms with Gasteiger partial charge in [0.2, 0.25) is 5.91 Å². The number of amides is 1. The normalized spacial score (nSPS) is 19.4. The van der Waals surface area contributed by atoms with Crippen molar-refractivity contribution in [3.63, 3.8) is 0 Å². The molecule has 0 spiro atoms. The van der Waals surface area contributed by atoms with Gasteiger partial charge >= 0.3 is 11.7 Å². The van der Waals surface area contributed by atoms with Crippen molar-refractivity contribution in [3.8, 4) is 0 Å². The molecule has 0 saturated carbocycles. The predicted octanol–water partition coefficient (Wildman–Crippen LogP) is 2.56. The van der Waals surface area contributed by atoms with E-state index in [9.17, 15) is 39.6 Å². The maximum Gasteiger partial charge on any atom is 0.501 e. The largest absolute Gasteiger partial charge is 0.501 e. The van der Waals surface area contributed by atoms with Crippen molar-refractivity contribution in [3.05, 3.63) is 24.3 Å². The second-order valence-corrected chi connectivity index (χ2v) is 7.28. The predicted molar refractivity (Wildman–Crippen MR) is 74.3 cm³/mol. The summed E-state index contributed by atoms with van der Waals surface area (Å²) in [5.74, 6) is -0.788. The van der Waals surface area contributed by atoms with E-state index in [1.165, 1.54) is 0 Å². The summed E-state index contributed by atoms with van der Waals surface area (Å²) in [5, 5.41) is 2.59. The van der Waals surface area contributed by atoms with Gasteiger partial charge in [-0.1, -0.05) is 0 Å². The zero-order chi connectivity index (χ0) is 19.0. The molecule has 1 amide bonds. The third-order valence-corrected chi connectivity index (χ3v) is 4.98. The van der Waals surface area contributed by atoms with Crippen molar-refractivity contribution in [1.82, 2.24) is 4.90 Å². The molecule has 12 heteroatoms. The second-order valence-electron chi connectivity index (χ2n) is 5.33.